The average Bonchev–Trinajstić information content (AvgIpc) is 2.91. The second kappa shape index (κ2) is 6.71. The molecule has 0 radical (unpaired) electrons. The summed E-state index contributed by atoms with van der Waals surface area (Å²) in [6, 6.07) is 0.224. The van der Waals surface area contributed by atoms with Gasteiger partial charge < -0.3 is 15.5 Å². The minimum Gasteiger partial charge on any atom is -0.393 e. The largest absolute Gasteiger partial charge is 0.393 e. The molecule has 3 nitrogen and oxygen atoms in total. The molecular formula is C24H43NO2. The smallest absolute Gasteiger partial charge is 0.0696 e. The van der Waals surface area contributed by atoms with Crippen LogP contribution in [0.4, 0.5) is 0 Å². The van der Waals surface area contributed by atoms with Gasteiger partial charge in [0.1, 0.15) is 0 Å². The van der Waals surface area contributed by atoms with Crippen LogP contribution in [0.15, 0.2) is 0 Å². The highest BCUT2D eigenvalue weighted by Gasteiger charge is 2.61. The second-order valence-electron chi connectivity index (χ2n) is 11.8. The van der Waals surface area contributed by atoms with Gasteiger partial charge in [0.05, 0.1) is 12.2 Å². The van der Waals surface area contributed by atoms with E-state index in [1.54, 1.807) is 0 Å². The van der Waals surface area contributed by atoms with E-state index in [0.717, 1.165) is 43.4 Å². The Hall–Kier alpha value is -0.120. The standard InChI is InChI=1S/C24H43NO2/c1-6-22(2,3)25-19-14-24(5)15(13-20(19)26)7-8-16-17-9-10-21(27)23(17,4)12-11-18(16)24/h15-21,25-27H,6-14H2,1-5H3/t15-,16-,17-,18-,19-,20-,21-,23-,24-/m0/s1. The number of nitrogens with one attached hydrogen (secondary N) is 1. The molecule has 4 saturated carbocycles. The Balaban J connectivity index is 1.57. The average molecular weight is 378 g/mol. The van der Waals surface area contributed by atoms with Crippen LogP contribution in [-0.2, 0) is 0 Å². The molecule has 3 N–H and O–H groups in total. The van der Waals surface area contributed by atoms with Gasteiger partial charge in [-0.25, -0.2) is 0 Å². The Morgan fingerprint density at radius 1 is 0.963 bits per heavy atom. The molecule has 4 aliphatic rings. The normalized spacial score (nSPS) is 52.8. The predicted octanol–water partition coefficient (Wildman–Crippen LogP) is 4.51. The van der Waals surface area contributed by atoms with Crippen LogP contribution in [-0.4, -0.2) is 34.0 Å². The zero-order chi connectivity index (χ0) is 19.6. The van der Waals surface area contributed by atoms with Gasteiger partial charge in [0, 0.05) is 11.6 Å². The number of aliphatic hydroxyl groups excluding tert-OH is 2. The number of rotatable bonds is 3. The van der Waals surface area contributed by atoms with Gasteiger partial charge in [-0.05, 0) is 106 Å². The van der Waals surface area contributed by atoms with E-state index in [1.807, 2.05) is 0 Å². The SMILES string of the molecule is CCC(C)(C)N[C@H]1C[C@@]2(C)[C@@H](CC[C@@H]3[C@@H]2CC[C@]2(C)[C@@H](O)CC[C@@H]32)C[C@@H]1O. The van der Waals surface area contributed by atoms with Crippen LogP contribution in [0.3, 0.4) is 0 Å². The van der Waals surface area contributed by atoms with Crippen molar-refractivity contribution in [3.63, 3.8) is 0 Å². The maximum atomic E-state index is 10.9. The van der Waals surface area contributed by atoms with Crippen LogP contribution in [0.5, 0.6) is 0 Å². The first kappa shape index (κ1) is 20.2. The Kier molecular flexibility index (Phi) is 5.01. The fourth-order valence-corrected chi connectivity index (χ4v) is 8.03. The minimum absolute atomic E-state index is 0.0815. The van der Waals surface area contributed by atoms with Crippen molar-refractivity contribution in [2.45, 2.75) is 116 Å². The van der Waals surface area contributed by atoms with Gasteiger partial charge in [-0.2, -0.15) is 0 Å². The zero-order valence-electron chi connectivity index (χ0n) is 18.3. The number of hydrogen-bond donors (Lipinski definition) is 3. The molecule has 0 aliphatic heterocycles. The van der Waals surface area contributed by atoms with Gasteiger partial charge in [0.25, 0.3) is 0 Å². The molecule has 0 aromatic rings. The van der Waals surface area contributed by atoms with Gasteiger partial charge >= 0.3 is 0 Å². The quantitative estimate of drug-likeness (QED) is 0.678. The molecule has 4 rings (SSSR count). The van der Waals surface area contributed by atoms with E-state index in [1.165, 1.54) is 32.1 Å². The van der Waals surface area contributed by atoms with Crippen molar-refractivity contribution >= 4 is 0 Å². The summed E-state index contributed by atoms with van der Waals surface area (Å²) in [5.41, 5.74) is 0.600. The first-order chi connectivity index (χ1) is 12.6. The summed E-state index contributed by atoms with van der Waals surface area (Å²) in [5, 5.41) is 25.4. The molecule has 0 heterocycles. The summed E-state index contributed by atoms with van der Waals surface area (Å²) in [6.45, 7) is 11.7. The second-order valence-corrected chi connectivity index (χ2v) is 11.8. The molecule has 4 aliphatic carbocycles. The maximum Gasteiger partial charge on any atom is 0.0696 e. The van der Waals surface area contributed by atoms with Crippen molar-refractivity contribution in [1.82, 2.24) is 5.32 Å². The number of aliphatic hydroxyl groups is 2. The molecule has 27 heavy (non-hydrogen) atoms. The van der Waals surface area contributed by atoms with Crippen molar-refractivity contribution < 1.29 is 10.2 Å². The van der Waals surface area contributed by atoms with E-state index >= 15 is 0 Å². The summed E-state index contributed by atoms with van der Waals surface area (Å²) in [7, 11) is 0. The molecule has 0 amide bonds. The molecule has 156 valence electrons. The van der Waals surface area contributed by atoms with Crippen molar-refractivity contribution in [1.29, 1.82) is 0 Å². The van der Waals surface area contributed by atoms with Crippen molar-refractivity contribution in [3.8, 4) is 0 Å². The van der Waals surface area contributed by atoms with E-state index in [4.69, 9.17) is 0 Å². The van der Waals surface area contributed by atoms with Crippen LogP contribution in [0.1, 0.15) is 92.4 Å². The lowest BCUT2D eigenvalue weighted by Crippen LogP contribution is -2.61. The highest BCUT2D eigenvalue weighted by molar-refractivity contribution is 5.11. The lowest BCUT2D eigenvalue weighted by Gasteiger charge is -2.62. The fraction of sp³-hybridized carbons (Fsp3) is 1.00. The first-order valence-corrected chi connectivity index (χ1v) is 11.7. The van der Waals surface area contributed by atoms with Crippen LogP contribution in [0.2, 0.25) is 0 Å². The predicted molar refractivity (Wildman–Crippen MR) is 110 cm³/mol. The van der Waals surface area contributed by atoms with E-state index in [9.17, 15) is 10.2 Å². The van der Waals surface area contributed by atoms with Gasteiger partial charge in [-0.3, -0.25) is 0 Å². The first-order valence-electron chi connectivity index (χ1n) is 11.7. The van der Waals surface area contributed by atoms with E-state index in [2.05, 4.69) is 39.9 Å². The maximum absolute atomic E-state index is 10.9. The van der Waals surface area contributed by atoms with Crippen molar-refractivity contribution in [3.05, 3.63) is 0 Å². The summed E-state index contributed by atoms with van der Waals surface area (Å²) >= 11 is 0. The Labute approximate surface area is 166 Å². The van der Waals surface area contributed by atoms with Crippen LogP contribution >= 0.6 is 0 Å². The highest BCUT2D eigenvalue weighted by Crippen LogP contribution is 2.66. The molecule has 9 atom stereocenters. The topological polar surface area (TPSA) is 52.5 Å². The van der Waals surface area contributed by atoms with Crippen LogP contribution in [0.25, 0.3) is 0 Å². The molecule has 0 bridgehead atoms. The van der Waals surface area contributed by atoms with Crippen LogP contribution in [0, 0.1) is 34.5 Å². The summed E-state index contributed by atoms with van der Waals surface area (Å²) in [4.78, 5) is 0. The molecule has 3 heteroatoms. The van der Waals surface area contributed by atoms with E-state index in [0.29, 0.717) is 11.3 Å². The number of fused-ring (bicyclic) bond motifs is 5. The molecular weight excluding hydrogens is 334 g/mol. The van der Waals surface area contributed by atoms with Crippen LogP contribution < -0.4 is 5.32 Å². The Morgan fingerprint density at radius 2 is 1.67 bits per heavy atom. The van der Waals surface area contributed by atoms with Gasteiger partial charge in [-0.15, -0.1) is 0 Å². The van der Waals surface area contributed by atoms with Gasteiger partial charge in [0.15, 0.2) is 0 Å². The summed E-state index contributed by atoms with van der Waals surface area (Å²) in [6.07, 6.45) is 10.2. The molecule has 4 fully saturated rings. The lowest BCUT2D eigenvalue weighted by atomic mass is 9.44. The monoisotopic (exact) mass is 377 g/mol. The molecule has 0 unspecified atom stereocenters. The lowest BCUT2D eigenvalue weighted by molar-refractivity contribution is -0.142. The van der Waals surface area contributed by atoms with E-state index < -0.39 is 0 Å². The van der Waals surface area contributed by atoms with Gasteiger partial charge in [0.2, 0.25) is 0 Å². The molecule has 0 aromatic heterocycles. The molecule has 0 saturated heterocycles. The minimum atomic E-state index is -0.201. The van der Waals surface area contributed by atoms with Crippen molar-refractivity contribution in [2.75, 3.05) is 0 Å². The molecule has 0 aromatic carbocycles. The molecule has 0 spiro atoms. The highest BCUT2D eigenvalue weighted by atomic mass is 16.3. The Bertz CT molecular complexity index is 563. The zero-order valence-corrected chi connectivity index (χ0v) is 18.3. The third-order valence-electron chi connectivity index (χ3n) is 10.1. The Morgan fingerprint density at radius 3 is 2.37 bits per heavy atom. The van der Waals surface area contributed by atoms with Crippen molar-refractivity contribution in [2.24, 2.45) is 34.5 Å². The third-order valence-corrected chi connectivity index (χ3v) is 10.1. The third kappa shape index (κ3) is 3.11. The number of hydrogen-bond acceptors (Lipinski definition) is 3. The fourth-order valence-electron chi connectivity index (χ4n) is 8.03. The summed E-state index contributed by atoms with van der Waals surface area (Å²) in [5.74, 6) is 2.96. The van der Waals surface area contributed by atoms with E-state index in [-0.39, 0.29) is 29.2 Å². The summed E-state index contributed by atoms with van der Waals surface area (Å²) < 4.78 is 0. The van der Waals surface area contributed by atoms with Gasteiger partial charge in [-0.1, -0.05) is 20.8 Å².